The fourth-order valence-corrected chi connectivity index (χ4v) is 5.55. The Hall–Kier alpha value is -0.766. The minimum Gasteiger partial charge on any atom is -0.333 e. The van der Waals surface area contributed by atoms with Crippen molar-refractivity contribution in [2.45, 2.75) is 38.3 Å². The predicted molar refractivity (Wildman–Crippen MR) is 126 cm³/mol. The van der Waals surface area contributed by atoms with Crippen molar-refractivity contribution in [2.24, 2.45) is 11.5 Å². The van der Waals surface area contributed by atoms with E-state index in [0.717, 1.165) is 23.3 Å². The minimum absolute atomic E-state index is 0. The van der Waals surface area contributed by atoms with Gasteiger partial charge < -0.3 is 11.5 Å². The summed E-state index contributed by atoms with van der Waals surface area (Å²) in [6.45, 7) is 8.80. The fraction of sp³-hybridized carbons (Fsp3) is 0.400. The lowest BCUT2D eigenvalue weighted by Crippen LogP contribution is -2.39. The van der Waals surface area contributed by atoms with E-state index >= 15 is 0 Å². The van der Waals surface area contributed by atoms with E-state index in [1.165, 1.54) is 17.7 Å². The summed E-state index contributed by atoms with van der Waals surface area (Å²) in [5.74, 6) is -0.988. The monoisotopic (exact) mass is 464 g/mol. The van der Waals surface area contributed by atoms with E-state index in [4.69, 9.17) is 23.1 Å². The van der Waals surface area contributed by atoms with E-state index in [0.29, 0.717) is 17.8 Å². The second-order valence-corrected chi connectivity index (χ2v) is 19.1. The zero-order valence-electron chi connectivity index (χ0n) is 17.1. The highest BCUT2D eigenvalue weighted by atomic mass is 35.5. The Kier molecular flexibility index (Phi) is 11.7. The van der Waals surface area contributed by atoms with Crippen molar-refractivity contribution in [3.05, 3.63) is 70.2 Å². The van der Waals surface area contributed by atoms with Crippen LogP contribution in [0.2, 0.25) is 31.2 Å². The van der Waals surface area contributed by atoms with Gasteiger partial charge in [-0.25, -0.2) is 8.78 Å². The summed E-state index contributed by atoms with van der Waals surface area (Å²) >= 11 is 5.80. The van der Waals surface area contributed by atoms with Crippen molar-refractivity contribution in [2.75, 3.05) is 12.3 Å². The molecule has 8 heteroatoms. The highest BCUT2D eigenvalue weighted by molar-refractivity contribution is 6.77. The smallest absolute Gasteiger partial charge is 0.129 e. The van der Waals surface area contributed by atoms with Gasteiger partial charge in [-0.1, -0.05) is 61.6 Å². The quantitative estimate of drug-likeness (QED) is 0.569. The number of nitrogens with two attached hydrogens (primary N) is 2. The van der Waals surface area contributed by atoms with Crippen LogP contribution in [0.1, 0.15) is 11.1 Å². The molecule has 0 aliphatic rings. The standard InChI is InChI=1S/C10H16ClNSi.C10H15F2NSi.ClH/c1-13(2,8-12)7-9-3-5-10(11)6-4-9;1-14(2,7-13)6-8-3-4-9(11)5-10(8)12;/h3-6H,7-8,12H2,1-2H3;3-5H,6-7,13H2,1-2H3;1H. The lowest BCUT2D eigenvalue weighted by molar-refractivity contribution is 0.576. The first kappa shape index (κ1) is 27.2. The molecular formula is C20H32Cl2F2N2Si2. The van der Waals surface area contributed by atoms with Crippen LogP contribution in [0.3, 0.4) is 0 Å². The van der Waals surface area contributed by atoms with E-state index in [-0.39, 0.29) is 12.4 Å². The zero-order chi connectivity index (χ0) is 20.7. The van der Waals surface area contributed by atoms with Crippen molar-refractivity contribution in [1.82, 2.24) is 0 Å². The number of benzene rings is 2. The number of hydrogen-bond acceptors (Lipinski definition) is 2. The van der Waals surface area contributed by atoms with E-state index in [9.17, 15) is 8.78 Å². The highest BCUT2D eigenvalue weighted by Crippen LogP contribution is 2.16. The van der Waals surface area contributed by atoms with Crippen LogP contribution in [-0.2, 0) is 12.1 Å². The lowest BCUT2D eigenvalue weighted by atomic mass is 10.2. The summed E-state index contributed by atoms with van der Waals surface area (Å²) in [5.41, 5.74) is 13.2. The topological polar surface area (TPSA) is 52.0 Å². The molecule has 4 N–H and O–H groups in total. The molecule has 0 aromatic heterocycles. The van der Waals surface area contributed by atoms with Crippen molar-refractivity contribution >= 4 is 40.2 Å². The van der Waals surface area contributed by atoms with Gasteiger partial charge in [-0.2, -0.15) is 0 Å². The molecule has 0 heterocycles. The van der Waals surface area contributed by atoms with Crippen molar-refractivity contribution in [1.29, 1.82) is 0 Å². The predicted octanol–water partition coefficient (Wildman–Crippen LogP) is 5.30. The maximum atomic E-state index is 13.3. The minimum atomic E-state index is -1.55. The van der Waals surface area contributed by atoms with Gasteiger partial charge in [0.2, 0.25) is 0 Å². The van der Waals surface area contributed by atoms with Crippen LogP contribution in [0.25, 0.3) is 0 Å². The molecule has 0 atom stereocenters. The Morgan fingerprint density at radius 1 is 0.821 bits per heavy atom. The highest BCUT2D eigenvalue weighted by Gasteiger charge is 2.21. The van der Waals surface area contributed by atoms with Crippen LogP contribution in [0.15, 0.2) is 42.5 Å². The SMILES string of the molecule is C[Si](C)(CN)Cc1ccc(Cl)cc1.C[Si](C)(CN)Cc1ccc(F)cc1F.Cl. The summed E-state index contributed by atoms with van der Waals surface area (Å²) < 4.78 is 25.9. The summed E-state index contributed by atoms with van der Waals surface area (Å²) in [5, 5.41) is 0.802. The molecule has 2 aromatic rings. The van der Waals surface area contributed by atoms with E-state index in [1.807, 2.05) is 12.1 Å². The van der Waals surface area contributed by atoms with Crippen LogP contribution in [0.5, 0.6) is 0 Å². The van der Waals surface area contributed by atoms with Crippen LogP contribution in [0, 0.1) is 11.6 Å². The molecule has 0 bridgehead atoms. The summed E-state index contributed by atoms with van der Waals surface area (Å²) in [6, 6.07) is 13.6. The van der Waals surface area contributed by atoms with Gasteiger partial charge in [-0.3, -0.25) is 0 Å². The largest absolute Gasteiger partial charge is 0.333 e. The first-order valence-electron chi connectivity index (χ1n) is 9.06. The molecule has 0 saturated heterocycles. The Bertz CT molecular complexity index is 727. The summed E-state index contributed by atoms with van der Waals surface area (Å²) in [7, 11) is -2.75. The van der Waals surface area contributed by atoms with Crippen molar-refractivity contribution in [3.8, 4) is 0 Å². The Labute approximate surface area is 181 Å². The third-order valence-electron chi connectivity index (χ3n) is 4.39. The number of rotatable bonds is 6. The van der Waals surface area contributed by atoms with Crippen molar-refractivity contribution < 1.29 is 8.78 Å². The first-order valence-corrected chi connectivity index (χ1v) is 16.3. The molecule has 28 heavy (non-hydrogen) atoms. The molecule has 2 aromatic carbocycles. The lowest BCUT2D eigenvalue weighted by Gasteiger charge is -2.19. The fourth-order valence-electron chi connectivity index (χ4n) is 2.48. The molecule has 0 radical (unpaired) electrons. The Morgan fingerprint density at radius 3 is 1.79 bits per heavy atom. The molecule has 0 aliphatic carbocycles. The molecule has 158 valence electrons. The zero-order valence-corrected chi connectivity index (χ0v) is 20.6. The van der Waals surface area contributed by atoms with Gasteiger partial charge in [0.25, 0.3) is 0 Å². The number of hydrogen-bond donors (Lipinski definition) is 2. The summed E-state index contributed by atoms with van der Waals surface area (Å²) in [4.78, 5) is 0. The van der Waals surface area contributed by atoms with E-state index < -0.39 is 27.8 Å². The maximum Gasteiger partial charge on any atom is 0.129 e. The van der Waals surface area contributed by atoms with Gasteiger partial charge in [0.1, 0.15) is 11.6 Å². The third-order valence-corrected chi connectivity index (χ3v) is 9.55. The second-order valence-electron chi connectivity index (χ2n) is 8.45. The Balaban J connectivity index is 0.000000504. The maximum absolute atomic E-state index is 13.3. The normalized spacial score (nSPS) is 11.3. The molecule has 2 nitrogen and oxygen atoms in total. The third kappa shape index (κ3) is 10.1. The second kappa shape index (κ2) is 12.0. The van der Waals surface area contributed by atoms with Crippen LogP contribution >= 0.6 is 24.0 Å². The molecule has 0 amide bonds. The van der Waals surface area contributed by atoms with E-state index in [1.54, 1.807) is 0 Å². The van der Waals surface area contributed by atoms with Crippen molar-refractivity contribution in [3.63, 3.8) is 0 Å². The molecule has 0 spiro atoms. The molecular weight excluding hydrogens is 433 g/mol. The van der Waals surface area contributed by atoms with Gasteiger partial charge in [0.05, 0.1) is 16.1 Å². The van der Waals surface area contributed by atoms with Crippen LogP contribution in [-0.4, -0.2) is 28.5 Å². The molecule has 0 aliphatic heterocycles. The molecule has 0 saturated carbocycles. The van der Waals surface area contributed by atoms with Gasteiger partial charge in [0.15, 0.2) is 0 Å². The van der Waals surface area contributed by atoms with Gasteiger partial charge >= 0.3 is 0 Å². The Morgan fingerprint density at radius 2 is 1.32 bits per heavy atom. The molecule has 2 rings (SSSR count). The van der Waals surface area contributed by atoms with E-state index in [2.05, 4.69) is 38.3 Å². The van der Waals surface area contributed by atoms with Gasteiger partial charge in [0, 0.05) is 11.1 Å². The average molecular weight is 466 g/mol. The molecule has 0 fully saturated rings. The first-order chi connectivity index (χ1) is 12.5. The molecule has 0 unspecified atom stereocenters. The van der Waals surface area contributed by atoms with Crippen LogP contribution in [0.4, 0.5) is 8.78 Å². The van der Waals surface area contributed by atoms with Crippen LogP contribution < -0.4 is 11.5 Å². The average Bonchev–Trinajstić information content (AvgIpc) is 2.60. The summed E-state index contributed by atoms with van der Waals surface area (Å²) in [6.07, 6.45) is 1.46. The van der Waals surface area contributed by atoms with Gasteiger partial charge in [-0.15, -0.1) is 12.4 Å². The number of halogens is 4. The van der Waals surface area contributed by atoms with Gasteiger partial charge in [-0.05, 0) is 48.2 Å².